The lowest BCUT2D eigenvalue weighted by Gasteiger charge is -2.23. The third-order valence-electron chi connectivity index (χ3n) is 3.65. The van der Waals surface area contributed by atoms with Crippen LogP contribution in [0.25, 0.3) is 0 Å². The minimum absolute atomic E-state index is 0.0359. The van der Waals surface area contributed by atoms with Gasteiger partial charge in [0.15, 0.2) is 0 Å². The monoisotopic (exact) mass is 356 g/mol. The molecule has 2 rings (SSSR count). The molecule has 2 aromatic rings. The number of carbonyl (C=O) groups is 3. The summed E-state index contributed by atoms with van der Waals surface area (Å²) in [7, 11) is 0. The van der Waals surface area contributed by atoms with Gasteiger partial charge in [0.25, 0.3) is 0 Å². The van der Waals surface area contributed by atoms with E-state index in [9.17, 15) is 14.4 Å². The van der Waals surface area contributed by atoms with E-state index in [1.165, 1.54) is 0 Å². The summed E-state index contributed by atoms with van der Waals surface area (Å²) < 4.78 is 0. The molecular weight excluding hydrogens is 336 g/mol. The summed E-state index contributed by atoms with van der Waals surface area (Å²) in [6.45, 7) is -0.349. The predicted molar refractivity (Wildman–Crippen MR) is 93.8 cm³/mol. The van der Waals surface area contributed by atoms with Gasteiger partial charge in [0, 0.05) is 0 Å². The molecule has 7 heteroatoms. The van der Waals surface area contributed by atoms with Crippen molar-refractivity contribution in [3.63, 3.8) is 0 Å². The minimum Gasteiger partial charge on any atom is -0.480 e. The van der Waals surface area contributed by atoms with Crippen LogP contribution in [0.4, 0.5) is 0 Å². The topological polar surface area (TPSA) is 95.9 Å². The van der Waals surface area contributed by atoms with Gasteiger partial charge in [-0.05, 0) is 11.1 Å². The van der Waals surface area contributed by atoms with Crippen molar-refractivity contribution in [2.75, 3.05) is 13.1 Å². The number of hydrogen-bond acceptors (Lipinski definition) is 4. The molecule has 0 saturated carbocycles. The highest BCUT2D eigenvalue weighted by atomic mass is 16.7. The second kappa shape index (κ2) is 9.95. The molecule has 0 aliphatic carbocycles. The van der Waals surface area contributed by atoms with Crippen LogP contribution in [0.1, 0.15) is 17.0 Å². The number of nitrogens with one attached hydrogen (secondary N) is 1. The molecule has 0 aliphatic heterocycles. The number of nitrogens with zero attached hydrogens (tertiary/aromatic N) is 1. The Morgan fingerprint density at radius 2 is 1.69 bits per heavy atom. The SMILES string of the molecule is O=CN(CC(C(=O)NCC(=O)O)c1ccccc1)OCc1ccccc1. The lowest BCUT2D eigenvalue weighted by Crippen LogP contribution is -2.39. The third kappa shape index (κ3) is 6.03. The van der Waals surface area contributed by atoms with Gasteiger partial charge in [0.05, 0.1) is 12.5 Å². The molecule has 0 fully saturated rings. The Bertz CT molecular complexity index is 721. The number of hydrogen-bond donors (Lipinski definition) is 2. The van der Waals surface area contributed by atoms with E-state index >= 15 is 0 Å². The predicted octanol–water partition coefficient (Wildman–Crippen LogP) is 1.56. The smallest absolute Gasteiger partial charge is 0.322 e. The lowest BCUT2D eigenvalue weighted by molar-refractivity contribution is -0.179. The molecule has 7 nitrogen and oxygen atoms in total. The van der Waals surface area contributed by atoms with Gasteiger partial charge in [-0.15, -0.1) is 0 Å². The summed E-state index contributed by atoms with van der Waals surface area (Å²) in [5.74, 6) is -2.39. The van der Waals surface area contributed by atoms with Crippen molar-refractivity contribution in [1.29, 1.82) is 0 Å². The molecule has 2 aromatic carbocycles. The van der Waals surface area contributed by atoms with E-state index in [2.05, 4.69) is 5.32 Å². The molecule has 0 saturated heterocycles. The quantitative estimate of drug-likeness (QED) is 0.497. The van der Waals surface area contributed by atoms with E-state index in [-0.39, 0.29) is 13.2 Å². The van der Waals surface area contributed by atoms with Gasteiger partial charge in [0.2, 0.25) is 12.3 Å². The Morgan fingerprint density at radius 1 is 1.08 bits per heavy atom. The van der Waals surface area contributed by atoms with Crippen LogP contribution >= 0.6 is 0 Å². The van der Waals surface area contributed by atoms with Crippen LogP contribution in [-0.4, -0.2) is 41.5 Å². The zero-order valence-electron chi connectivity index (χ0n) is 14.1. The number of carboxylic acid groups (broad SMARTS) is 1. The van der Waals surface area contributed by atoms with Gasteiger partial charge < -0.3 is 10.4 Å². The van der Waals surface area contributed by atoms with Crippen molar-refractivity contribution in [2.45, 2.75) is 12.5 Å². The maximum absolute atomic E-state index is 12.4. The summed E-state index contributed by atoms with van der Waals surface area (Å²) in [4.78, 5) is 39.9. The summed E-state index contributed by atoms with van der Waals surface area (Å²) in [5, 5.41) is 12.1. The van der Waals surface area contributed by atoms with Crippen LogP contribution in [0.5, 0.6) is 0 Å². The molecule has 136 valence electrons. The van der Waals surface area contributed by atoms with Crippen molar-refractivity contribution < 1.29 is 24.3 Å². The second-order valence-electron chi connectivity index (χ2n) is 5.54. The average molecular weight is 356 g/mol. The highest BCUT2D eigenvalue weighted by molar-refractivity contribution is 5.87. The third-order valence-corrected chi connectivity index (χ3v) is 3.65. The molecule has 0 bridgehead atoms. The molecule has 1 atom stereocenters. The Kier molecular flexibility index (Phi) is 7.32. The number of carboxylic acids is 1. The number of carbonyl (C=O) groups excluding carboxylic acids is 2. The van der Waals surface area contributed by atoms with Gasteiger partial charge in [-0.25, -0.2) is 5.06 Å². The molecule has 0 spiro atoms. The second-order valence-corrected chi connectivity index (χ2v) is 5.54. The number of amides is 2. The zero-order chi connectivity index (χ0) is 18.8. The number of aliphatic carboxylic acids is 1. The van der Waals surface area contributed by atoms with Crippen molar-refractivity contribution >= 4 is 18.3 Å². The van der Waals surface area contributed by atoms with E-state index in [0.717, 1.165) is 10.6 Å². The normalized spacial score (nSPS) is 11.4. The number of benzene rings is 2. The van der Waals surface area contributed by atoms with Gasteiger partial charge in [-0.2, -0.15) is 0 Å². The zero-order valence-corrected chi connectivity index (χ0v) is 14.1. The standard InChI is InChI=1S/C19H20N2O5/c22-14-21(26-13-15-7-3-1-4-8-15)12-17(16-9-5-2-6-10-16)19(25)20-11-18(23)24/h1-10,14,17H,11-13H2,(H,20,25)(H,23,24). The molecular formula is C19H20N2O5. The summed E-state index contributed by atoms with van der Waals surface area (Å²) in [6.07, 6.45) is 0.503. The summed E-state index contributed by atoms with van der Waals surface area (Å²) in [5.41, 5.74) is 1.54. The summed E-state index contributed by atoms with van der Waals surface area (Å²) >= 11 is 0. The van der Waals surface area contributed by atoms with Crippen LogP contribution in [0.3, 0.4) is 0 Å². The number of hydroxylamine groups is 2. The molecule has 0 aliphatic rings. The van der Waals surface area contributed by atoms with Gasteiger partial charge in [-0.3, -0.25) is 19.2 Å². The molecule has 0 heterocycles. The van der Waals surface area contributed by atoms with E-state index in [4.69, 9.17) is 9.94 Å². The van der Waals surface area contributed by atoms with E-state index in [1.54, 1.807) is 30.3 Å². The Morgan fingerprint density at radius 3 is 2.27 bits per heavy atom. The van der Waals surface area contributed by atoms with Gasteiger partial charge >= 0.3 is 5.97 Å². The lowest BCUT2D eigenvalue weighted by atomic mass is 9.98. The Labute approximate surface area is 151 Å². The van der Waals surface area contributed by atoms with E-state index in [1.807, 2.05) is 30.3 Å². The molecule has 1 unspecified atom stereocenters. The van der Waals surface area contributed by atoms with Crippen molar-refractivity contribution in [3.8, 4) is 0 Å². The fourth-order valence-electron chi connectivity index (χ4n) is 2.35. The van der Waals surface area contributed by atoms with Crippen LogP contribution in [0.15, 0.2) is 60.7 Å². The molecule has 2 amide bonds. The summed E-state index contributed by atoms with van der Waals surface area (Å²) in [6, 6.07) is 18.1. The molecule has 0 radical (unpaired) electrons. The molecule has 2 N–H and O–H groups in total. The minimum atomic E-state index is -1.14. The van der Waals surface area contributed by atoms with Gasteiger partial charge in [0.1, 0.15) is 13.2 Å². The van der Waals surface area contributed by atoms with Gasteiger partial charge in [-0.1, -0.05) is 60.7 Å². The van der Waals surface area contributed by atoms with Crippen molar-refractivity contribution in [2.24, 2.45) is 0 Å². The van der Waals surface area contributed by atoms with Crippen LogP contribution in [0, 0.1) is 0 Å². The van der Waals surface area contributed by atoms with E-state index in [0.29, 0.717) is 12.0 Å². The van der Waals surface area contributed by atoms with Crippen LogP contribution < -0.4 is 5.32 Å². The van der Waals surface area contributed by atoms with Crippen LogP contribution in [-0.2, 0) is 25.8 Å². The van der Waals surface area contributed by atoms with Crippen molar-refractivity contribution in [3.05, 3.63) is 71.8 Å². The highest BCUT2D eigenvalue weighted by Gasteiger charge is 2.24. The first-order valence-corrected chi connectivity index (χ1v) is 8.03. The van der Waals surface area contributed by atoms with E-state index < -0.39 is 24.3 Å². The maximum atomic E-state index is 12.4. The Balaban J connectivity index is 2.06. The molecule has 0 aromatic heterocycles. The number of rotatable bonds is 10. The Hall–Kier alpha value is -3.19. The fourth-order valence-corrected chi connectivity index (χ4v) is 2.35. The first-order valence-electron chi connectivity index (χ1n) is 8.03. The van der Waals surface area contributed by atoms with Crippen molar-refractivity contribution in [1.82, 2.24) is 10.4 Å². The van der Waals surface area contributed by atoms with Crippen LogP contribution in [0.2, 0.25) is 0 Å². The largest absolute Gasteiger partial charge is 0.480 e. The molecule has 26 heavy (non-hydrogen) atoms. The highest BCUT2D eigenvalue weighted by Crippen LogP contribution is 2.18. The average Bonchev–Trinajstić information content (AvgIpc) is 2.68. The first kappa shape index (κ1) is 19.1. The fraction of sp³-hybridized carbons (Fsp3) is 0.211. The first-order chi connectivity index (χ1) is 12.6. The maximum Gasteiger partial charge on any atom is 0.322 e.